The Labute approximate surface area is 114 Å². The first kappa shape index (κ1) is 13.9. The van der Waals surface area contributed by atoms with Crippen LogP contribution in [0.5, 0.6) is 5.75 Å². The topological polar surface area (TPSA) is 47.6 Å². The third-order valence-corrected chi connectivity index (χ3v) is 3.43. The van der Waals surface area contributed by atoms with Crippen molar-refractivity contribution >= 4 is 5.91 Å². The van der Waals surface area contributed by atoms with E-state index in [0.717, 1.165) is 30.8 Å². The van der Waals surface area contributed by atoms with E-state index < -0.39 is 0 Å². The van der Waals surface area contributed by atoms with Gasteiger partial charge in [0.2, 0.25) is 5.91 Å². The number of ether oxygens (including phenoxy) is 2. The number of carbonyl (C=O) groups is 1. The van der Waals surface area contributed by atoms with Crippen molar-refractivity contribution in [3.63, 3.8) is 0 Å². The van der Waals surface area contributed by atoms with Gasteiger partial charge in [-0.1, -0.05) is 12.1 Å². The first-order chi connectivity index (χ1) is 9.19. The molecule has 1 aromatic carbocycles. The zero-order valence-corrected chi connectivity index (χ0v) is 11.5. The highest BCUT2D eigenvalue weighted by Gasteiger charge is 2.23. The van der Waals surface area contributed by atoms with E-state index in [9.17, 15) is 4.79 Å². The second-order valence-electron chi connectivity index (χ2n) is 4.93. The molecule has 0 saturated carbocycles. The summed E-state index contributed by atoms with van der Waals surface area (Å²) in [5.74, 6) is 0.838. The maximum Gasteiger partial charge on any atom is 0.224 e. The predicted molar refractivity (Wildman–Crippen MR) is 73.3 cm³/mol. The third kappa shape index (κ3) is 3.96. The van der Waals surface area contributed by atoms with E-state index in [1.54, 1.807) is 7.11 Å². The van der Waals surface area contributed by atoms with Crippen molar-refractivity contribution in [3.8, 4) is 5.75 Å². The highest BCUT2D eigenvalue weighted by molar-refractivity contribution is 5.78. The molecule has 19 heavy (non-hydrogen) atoms. The van der Waals surface area contributed by atoms with Gasteiger partial charge in [-0.3, -0.25) is 4.79 Å². The minimum Gasteiger partial charge on any atom is -0.497 e. The molecular weight excluding hydrogens is 242 g/mol. The summed E-state index contributed by atoms with van der Waals surface area (Å²) in [5, 5.41) is 3.00. The van der Waals surface area contributed by atoms with Gasteiger partial charge in [0.1, 0.15) is 5.75 Å². The highest BCUT2D eigenvalue weighted by Crippen LogP contribution is 2.16. The number of amides is 1. The van der Waals surface area contributed by atoms with Crippen LogP contribution in [0.2, 0.25) is 0 Å². The van der Waals surface area contributed by atoms with Gasteiger partial charge in [0, 0.05) is 6.61 Å². The Balaban J connectivity index is 1.82. The van der Waals surface area contributed by atoms with Crippen LogP contribution in [0.3, 0.4) is 0 Å². The lowest BCUT2D eigenvalue weighted by Crippen LogP contribution is -2.41. The normalized spacial score (nSPS) is 20.0. The molecule has 0 aromatic heterocycles. The monoisotopic (exact) mass is 263 g/mol. The van der Waals surface area contributed by atoms with E-state index in [0.29, 0.717) is 6.42 Å². The first-order valence-corrected chi connectivity index (χ1v) is 6.73. The van der Waals surface area contributed by atoms with Crippen molar-refractivity contribution < 1.29 is 14.3 Å². The zero-order valence-electron chi connectivity index (χ0n) is 11.5. The molecule has 0 spiro atoms. The fourth-order valence-electron chi connectivity index (χ4n) is 2.32. The molecule has 1 aromatic rings. The van der Waals surface area contributed by atoms with Crippen molar-refractivity contribution in [1.82, 2.24) is 5.32 Å². The fraction of sp³-hybridized carbons (Fsp3) is 0.533. The summed E-state index contributed by atoms with van der Waals surface area (Å²) >= 11 is 0. The molecule has 0 unspecified atom stereocenters. The minimum atomic E-state index is 0.0353. The Morgan fingerprint density at radius 3 is 2.79 bits per heavy atom. The molecule has 1 aliphatic rings. The van der Waals surface area contributed by atoms with Crippen LogP contribution in [0.4, 0.5) is 0 Å². The quantitative estimate of drug-likeness (QED) is 0.883. The van der Waals surface area contributed by atoms with Crippen LogP contribution in [-0.4, -0.2) is 31.8 Å². The SMILES string of the molecule is COc1ccc(CC(=O)N[C@H](C)[C@@H]2CCCO2)cc1. The molecule has 1 fully saturated rings. The second kappa shape index (κ2) is 6.57. The predicted octanol–water partition coefficient (Wildman–Crippen LogP) is 1.92. The zero-order chi connectivity index (χ0) is 13.7. The molecule has 2 atom stereocenters. The van der Waals surface area contributed by atoms with Crippen LogP contribution in [0.1, 0.15) is 25.3 Å². The summed E-state index contributed by atoms with van der Waals surface area (Å²) in [4.78, 5) is 11.9. The van der Waals surface area contributed by atoms with Crippen molar-refractivity contribution in [2.24, 2.45) is 0 Å². The van der Waals surface area contributed by atoms with Gasteiger partial charge in [0.25, 0.3) is 0 Å². The van der Waals surface area contributed by atoms with Gasteiger partial charge in [0.15, 0.2) is 0 Å². The number of hydrogen-bond acceptors (Lipinski definition) is 3. The maximum absolute atomic E-state index is 11.9. The highest BCUT2D eigenvalue weighted by atomic mass is 16.5. The van der Waals surface area contributed by atoms with Gasteiger partial charge in [0.05, 0.1) is 25.7 Å². The average Bonchev–Trinajstić information content (AvgIpc) is 2.93. The Bertz CT molecular complexity index is 410. The minimum absolute atomic E-state index is 0.0353. The van der Waals surface area contributed by atoms with Gasteiger partial charge in [-0.15, -0.1) is 0 Å². The molecular formula is C15H21NO3. The molecule has 1 heterocycles. The average molecular weight is 263 g/mol. The van der Waals surface area contributed by atoms with E-state index in [4.69, 9.17) is 9.47 Å². The number of nitrogens with one attached hydrogen (secondary N) is 1. The number of benzene rings is 1. The van der Waals surface area contributed by atoms with E-state index >= 15 is 0 Å². The van der Waals surface area contributed by atoms with Crippen LogP contribution in [-0.2, 0) is 16.0 Å². The van der Waals surface area contributed by atoms with Gasteiger partial charge < -0.3 is 14.8 Å². The second-order valence-corrected chi connectivity index (χ2v) is 4.93. The first-order valence-electron chi connectivity index (χ1n) is 6.73. The number of rotatable bonds is 5. The third-order valence-electron chi connectivity index (χ3n) is 3.43. The number of carbonyl (C=O) groups excluding carboxylic acids is 1. The smallest absolute Gasteiger partial charge is 0.224 e. The van der Waals surface area contributed by atoms with Crippen LogP contribution >= 0.6 is 0 Å². The van der Waals surface area contributed by atoms with Crippen molar-refractivity contribution in [1.29, 1.82) is 0 Å². The van der Waals surface area contributed by atoms with Crippen LogP contribution in [0, 0.1) is 0 Å². The molecule has 4 heteroatoms. The summed E-state index contributed by atoms with van der Waals surface area (Å²) in [6, 6.07) is 7.64. The van der Waals surface area contributed by atoms with Crippen LogP contribution < -0.4 is 10.1 Å². The lowest BCUT2D eigenvalue weighted by atomic mass is 10.1. The Morgan fingerprint density at radius 1 is 1.47 bits per heavy atom. The molecule has 0 radical (unpaired) electrons. The van der Waals surface area contributed by atoms with E-state index in [1.165, 1.54) is 0 Å². The molecule has 1 saturated heterocycles. The van der Waals surface area contributed by atoms with Crippen molar-refractivity contribution in [3.05, 3.63) is 29.8 Å². The van der Waals surface area contributed by atoms with Gasteiger partial charge in [-0.2, -0.15) is 0 Å². The Hall–Kier alpha value is -1.55. The molecule has 1 N–H and O–H groups in total. The van der Waals surface area contributed by atoms with Crippen LogP contribution in [0.25, 0.3) is 0 Å². The van der Waals surface area contributed by atoms with Crippen molar-refractivity contribution in [2.45, 2.75) is 38.3 Å². The molecule has 104 valence electrons. The molecule has 4 nitrogen and oxygen atoms in total. The van der Waals surface area contributed by atoms with E-state index in [2.05, 4.69) is 5.32 Å². The summed E-state index contributed by atoms with van der Waals surface area (Å²) < 4.78 is 10.7. The Morgan fingerprint density at radius 2 is 2.21 bits per heavy atom. The molecule has 2 rings (SSSR count). The molecule has 1 aliphatic heterocycles. The lowest BCUT2D eigenvalue weighted by molar-refractivity contribution is -0.121. The number of hydrogen-bond donors (Lipinski definition) is 1. The Kier molecular flexibility index (Phi) is 4.80. The molecule has 0 bridgehead atoms. The van der Waals surface area contributed by atoms with Gasteiger partial charge in [-0.25, -0.2) is 0 Å². The fourth-order valence-corrected chi connectivity index (χ4v) is 2.32. The molecule has 0 aliphatic carbocycles. The van der Waals surface area contributed by atoms with Gasteiger partial charge >= 0.3 is 0 Å². The van der Waals surface area contributed by atoms with Gasteiger partial charge in [-0.05, 0) is 37.5 Å². The lowest BCUT2D eigenvalue weighted by Gasteiger charge is -2.20. The number of methoxy groups -OCH3 is 1. The molecule has 1 amide bonds. The standard InChI is InChI=1S/C15H21NO3/c1-11(14-4-3-9-19-14)16-15(17)10-12-5-7-13(18-2)8-6-12/h5-8,11,14H,3-4,9-10H2,1-2H3,(H,16,17)/t11-,14+/m1/s1. The van der Waals surface area contributed by atoms with Crippen molar-refractivity contribution in [2.75, 3.05) is 13.7 Å². The van der Waals surface area contributed by atoms with Crippen LogP contribution in [0.15, 0.2) is 24.3 Å². The largest absolute Gasteiger partial charge is 0.497 e. The summed E-state index contributed by atoms with van der Waals surface area (Å²) in [5.41, 5.74) is 0.984. The summed E-state index contributed by atoms with van der Waals surface area (Å²) in [6.45, 7) is 2.81. The summed E-state index contributed by atoms with van der Waals surface area (Å²) in [6.07, 6.45) is 2.67. The summed E-state index contributed by atoms with van der Waals surface area (Å²) in [7, 11) is 1.63. The van der Waals surface area contributed by atoms with E-state index in [-0.39, 0.29) is 18.1 Å². The maximum atomic E-state index is 11.9. The van der Waals surface area contributed by atoms with E-state index in [1.807, 2.05) is 31.2 Å².